The first-order chi connectivity index (χ1) is 17.4. The van der Waals surface area contributed by atoms with E-state index >= 15 is 0 Å². The average Bonchev–Trinajstić information content (AvgIpc) is 2.84. The number of phenolic OH excluding ortho intramolecular Hbond substituents is 1. The van der Waals surface area contributed by atoms with E-state index in [-0.39, 0.29) is 29.1 Å². The third kappa shape index (κ3) is 7.12. The molecule has 0 heterocycles. The van der Waals surface area contributed by atoms with Crippen LogP contribution in [0, 0.1) is 0 Å². The average molecular weight is 507 g/mol. The molecule has 1 atom stereocenters. The van der Waals surface area contributed by atoms with Crippen molar-refractivity contribution in [3.8, 4) is 17.2 Å². The van der Waals surface area contributed by atoms with E-state index in [1.165, 1.54) is 0 Å². The quantitative estimate of drug-likeness (QED) is 0.226. The molecule has 0 saturated heterocycles. The van der Waals surface area contributed by atoms with Crippen LogP contribution in [0.2, 0.25) is 0 Å². The van der Waals surface area contributed by atoms with Gasteiger partial charge in [0.15, 0.2) is 0 Å². The van der Waals surface area contributed by atoms with Crippen LogP contribution in [0.25, 0.3) is 0 Å². The summed E-state index contributed by atoms with van der Waals surface area (Å²) in [5.41, 5.74) is 2.40. The minimum atomic E-state index is -1.07. The van der Waals surface area contributed by atoms with Gasteiger partial charge in [-0.2, -0.15) is 0 Å². The third-order valence-corrected chi connectivity index (χ3v) is 7.19. The second-order valence-corrected chi connectivity index (χ2v) is 10.8. The summed E-state index contributed by atoms with van der Waals surface area (Å²) in [6.45, 7) is 8.31. The Labute approximate surface area is 219 Å². The van der Waals surface area contributed by atoms with Crippen LogP contribution in [-0.2, 0) is 10.8 Å². The highest BCUT2D eigenvalue weighted by atomic mass is 16.5. The van der Waals surface area contributed by atoms with Gasteiger partial charge < -0.3 is 25.2 Å². The van der Waals surface area contributed by atoms with Crippen molar-refractivity contribution in [3.63, 3.8) is 0 Å². The van der Waals surface area contributed by atoms with E-state index in [4.69, 9.17) is 9.84 Å². The number of hydrogen-bond acceptors (Lipinski definition) is 5. The number of aliphatic hydroxyl groups is 2. The summed E-state index contributed by atoms with van der Waals surface area (Å²) in [6, 6.07) is 19.8. The number of aromatic carboxylic acids is 1. The van der Waals surface area contributed by atoms with Crippen molar-refractivity contribution in [1.82, 2.24) is 0 Å². The van der Waals surface area contributed by atoms with E-state index in [0.29, 0.717) is 18.6 Å². The molecule has 4 N–H and O–H groups in total. The van der Waals surface area contributed by atoms with E-state index in [1.807, 2.05) is 56.3 Å². The van der Waals surface area contributed by atoms with Gasteiger partial charge in [0.2, 0.25) is 0 Å². The van der Waals surface area contributed by atoms with Crippen LogP contribution in [0.1, 0.15) is 80.4 Å². The van der Waals surface area contributed by atoms with E-state index in [0.717, 1.165) is 29.5 Å². The lowest BCUT2D eigenvalue weighted by molar-refractivity contribution is 0.0694. The Balaban J connectivity index is 1.76. The van der Waals surface area contributed by atoms with Gasteiger partial charge in [-0.05, 0) is 77.8 Å². The highest BCUT2D eigenvalue weighted by molar-refractivity contribution is 5.91. The molecule has 6 heteroatoms. The second-order valence-electron chi connectivity index (χ2n) is 10.8. The van der Waals surface area contributed by atoms with Gasteiger partial charge in [-0.25, -0.2) is 4.79 Å². The molecule has 0 aliphatic heterocycles. The number of ether oxygens (including phenoxy) is 1. The smallest absolute Gasteiger partial charge is 0.339 e. The topological polar surface area (TPSA) is 107 Å². The summed E-state index contributed by atoms with van der Waals surface area (Å²) < 4.78 is 6.00. The van der Waals surface area contributed by atoms with Crippen molar-refractivity contribution in [2.24, 2.45) is 0 Å². The normalized spacial score (nSPS) is 12.8. The van der Waals surface area contributed by atoms with Gasteiger partial charge >= 0.3 is 5.97 Å². The Kier molecular flexibility index (Phi) is 9.00. The standard InChI is InChI=1S/C31H38O6/c1-30(2,18-5-6-24(33)17-19-32)21-9-14-26(15-10-21)37-28-16-11-23(20-27(28)29(35)36)31(3,4)22-7-12-25(34)13-8-22/h7-16,20,24,32-34H,5-6,17-19H2,1-4H3,(H,35,36). The molecular weight excluding hydrogens is 468 g/mol. The van der Waals surface area contributed by atoms with E-state index in [9.17, 15) is 20.1 Å². The van der Waals surface area contributed by atoms with Crippen molar-refractivity contribution < 1.29 is 30.0 Å². The summed E-state index contributed by atoms with van der Waals surface area (Å²) in [7, 11) is 0. The molecule has 37 heavy (non-hydrogen) atoms. The van der Waals surface area contributed by atoms with Gasteiger partial charge in [-0.3, -0.25) is 0 Å². The van der Waals surface area contributed by atoms with Crippen LogP contribution in [0.15, 0.2) is 66.7 Å². The molecule has 0 fully saturated rings. The molecule has 0 aromatic heterocycles. The number of rotatable bonds is 12. The van der Waals surface area contributed by atoms with Crippen LogP contribution in [-0.4, -0.2) is 39.1 Å². The van der Waals surface area contributed by atoms with Crippen molar-refractivity contribution in [2.45, 2.75) is 70.3 Å². The minimum Gasteiger partial charge on any atom is -0.508 e. The van der Waals surface area contributed by atoms with E-state index in [1.54, 1.807) is 24.3 Å². The predicted molar refractivity (Wildman–Crippen MR) is 145 cm³/mol. The van der Waals surface area contributed by atoms with E-state index in [2.05, 4.69) is 13.8 Å². The monoisotopic (exact) mass is 506 g/mol. The molecule has 0 amide bonds. The van der Waals surface area contributed by atoms with Crippen LogP contribution < -0.4 is 4.74 Å². The summed E-state index contributed by atoms with van der Waals surface area (Å²) in [6.07, 6.45) is 2.32. The zero-order valence-corrected chi connectivity index (χ0v) is 22.1. The molecule has 1 unspecified atom stereocenters. The Morgan fingerprint density at radius 2 is 1.46 bits per heavy atom. The largest absolute Gasteiger partial charge is 0.508 e. The number of benzene rings is 3. The number of phenols is 1. The van der Waals surface area contributed by atoms with Crippen LogP contribution >= 0.6 is 0 Å². The fourth-order valence-electron chi connectivity index (χ4n) is 4.54. The zero-order valence-electron chi connectivity index (χ0n) is 22.1. The molecule has 0 bridgehead atoms. The predicted octanol–water partition coefficient (Wildman–Crippen LogP) is 6.40. The maximum Gasteiger partial charge on any atom is 0.339 e. The van der Waals surface area contributed by atoms with Crippen LogP contribution in [0.3, 0.4) is 0 Å². The minimum absolute atomic E-state index is 0.00544. The molecule has 3 rings (SSSR count). The Hall–Kier alpha value is -3.35. The van der Waals surface area contributed by atoms with Gasteiger partial charge in [0.25, 0.3) is 0 Å². The van der Waals surface area contributed by atoms with Gasteiger partial charge in [0.05, 0.1) is 6.10 Å². The molecule has 0 aliphatic carbocycles. The lowest BCUT2D eigenvalue weighted by Crippen LogP contribution is -2.19. The van der Waals surface area contributed by atoms with Crippen molar-refractivity contribution in [2.75, 3.05) is 6.61 Å². The maximum atomic E-state index is 12.1. The summed E-state index contributed by atoms with van der Waals surface area (Å²) >= 11 is 0. The molecule has 3 aromatic rings. The summed E-state index contributed by atoms with van der Waals surface area (Å²) in [5.74, 6) is -0.0751. The highest BCUT2D eigenvalue weighted by Gasteiger charge is 2.26. The van der Waals surface area contributed by atoms with Crippen LogP contribution in [0.5, 0.6) is 17.2 Å². The third-order valence-electron chi connectivity index (χ3n) is 7.19. The van der Waals surface area contributed by atoms with Crippen molar-refractivity contribution in [1.29, 1.82) is 0 Å². The van der Waals surface area contributed by atoms with Crippen molar-refractivity contribution in [3.05, 3.63) is 89.0 Å². The second kappa shape index (κ2) is 11.8. The summed E-state index contributed by atoms with van der Waals surface area (Å²) in [4.78, 5) is 12.1. The maximum absolute atomic E-state index is 12.1. The van der Waals surface area contributed by atoms with Gasteiger partial charge in [-0.1, -0.05) is 64.4 Å². The SMILES string of the molecule is CC(C)(CCCC(O)CCO)c1ccc(Oc2ccc(C(C)(C)c3ccc(O)cc3)cc2C(=O)O)cc1. The summed E-state index contributed by atoms with van der Waals surface area (Å²) in [5, 5.41) is 38.3. The zero-order chi connectivity index (χ0) is 27.2. The van der Waals surface area contributed by atoms with Crippen molar-refractivity contribution >= 4 is 5.97 Å². The number of carboxylic acid groups (broad SMARTS) is 1. The van der Waals surface area contributed by atoms with Gasteiger partial charge in [0.1, 0.15) is 22.8 Å². The first kappa shape index (κ1) is 28.2. The fraction of sp³-hybridized carbons (Fsp3) is 0.387. The Morgan fingerprint density at radius 1 is 0.865 bits per heavy atom. The fourth-order valence-corrected chi connectivity index (χ4v) is 4.54. The molecule has 6 nitrogen and oxygen atoms in total. The lowest BCUT2D eigenvalue weighted by Gasteiger charge is -2.27. The number of aromatic hydroxyl groups is 1. The molecule has 3 aromatic carbocycles. The number of aliphatic hydroxyl groups excluding tert-OH is 2. The molecular formula is C31H38O6. The molecule has 0 radical (unpaired) electrons. The molecule has 0 saturated carbocycles. The molecule has 198 valence electrons. The first-order valence-corrected chi connectivity index (χ1v) is 12.7. The molecule has 0 spiro atoms. The number of hydrogen-bond donors (Lipinski definition) is 4. The van der Waals surface area contributed by atoms with Gasteiger partial charge in [0, 0.05) is 12.0 Å². The molecule has 0 aliphatic rings. The number of carbonyl (C=O) groups is 1. The Morgan fingerprint density at radius 3 is 2.05 bits per heavy atom. The van der Waals surface area contributed by atoms with Gasteiger partial charge in [-0.15, -0.1) is 0 Å². The first-order valence-electron chi connectivity index (χ1n) is 12.7. The van der Waals surface area contributed by atoms with E-state index < -0.39 is 17.5 Å². The number of carboxylic acids is 1. The highest BCUT2D eigenvalue weighted by Crippen LogP contribution is 2.37. The lowest BCUT2D eigenvalue weighted by atomic mass is 9.77. The Bertz CT molecular complexity index is 1180. The van der Waals surface area contributed by atoms with Crippen LogP contribution in [0.4, 0.5) is 0 Å².